The number of hydrogen-bond acceptors (Lipinski definition) is 5. The van der Waals surface area contributed by atoms with Crippen molar-refractivity contribution < 1.29 is 23.9 Å². The topological polar surface area (TPSA) is 99.3 Å². The summed E-state index contributed by atoms with van der Waals surface area (Å²) < 4.78 is 5.37. The molecule has 0 saturated carbocycles. The maximum atomic E-state index is 12.6. The van der Waals surface area contributed by atoms with Gasteiger partial charge in [0.1, 0.15) is 11.6 Å². The lowest BCUT2D eigenvalue weighted by Crippen LogP contribution is -2.51. The summed E-state index contributed by atoms with van der Waals surface area (Å²) in [5.74, 6) is -0.368. The van der Waals surface area contributed by atoms with Crippen LogP contribution in [0.25, 0.3) is 0 Å². The second kappa shape index (κ2) is 10.0. The highest BCUT2D eigenvalue weighted by Crippen LogP contribution is 2.15. The third-order valence-corrected chi connectivity index (χ3v) is 5.50. The Bertz CT molecular complexity index is 844. The van der Waals surface area contributed by atoms with Gasteiger partial charge in [-0.15, -0.1) is 0 Å². The minimum atomic E-state index is -0.676. The highest BCUT2D eigenvalue weighted by atomic mass is 16.6. The first-order valence-electron chi connectivity index (χ1n) is 11.1. The summed E-state index contributed by atoms with van der Waals surface area (Å²) in [5.41, 5.74) is 0.495. The van der Waals surface area contributed by atoms with Gasteiger partial charge < -0.3 is 19.9 Å². The Kier molecular flexibility index (Phi) is 7.37. The molecule has 1 N–H and O–H groups in total. The quantitative estimate of drug-likeness (QED) is 0.677. The van der Waals surface area contributed by atoms with Crippen molar-refractivity contribution in [3.63, 3.8) is 0 Å². The van der Waals surface area contributed by atoms with Crippen LogP contribution in [0.5, 0.6) is 0 Å². The van der Waals surface area contributed by atoms with Crippen molar-refractivity contribution in [3.05, 3.63) is 35.9 Å². The number of benzene rings is 1. The van der Waals surface area contributed by atoms with Crippen LogP contribution in [-0.2, 0) is 20.7 Å². The summed E-state index contributed by atoms with van der Waals surface area (Å²) in [6.07, 6.45) is 0.639. The van der Waals surface area contributed by atoms with E-state index in [-0.39, 0.29) is 30.7 Å². The van der Waals surface area contributed by atoms with E-state index < -0.39 is 17.7 Å². The molecule has 174 valence electrons. The van der Waals surface area contributed by atoms with Gasteiger partial charge in [-0.25, -0.2) is 9.59 Å². The number of hydrogen-bond donors (Lipinski definition) is 1. The number of nitrogens with one attached hydrogen (secondary N) is 1. The monoisotopic (exact) mass is 444 g/mol. The number of piperazine rings is 1. The van der Waals surface area contributed by atoms with Gasteiger partial charge in [-0.1, -0.05) is 30.3 Å². The molecule has 0 bridgehead atoms. The third-order valence-electron chi connectivity index (χ3n) is 5.50. The van der Waals surface area contributed by atoms with Gasteiger partial charge >= 0.3 is 12.1 Å². The highest BCUT2D eigenvalue weighted by Gasteiger charge is 2.38. The molecule has 1 aromatic carbocycles. The van der Waals surface area contributed by atoms with Gasteiger partial charge in [0.15, 0.2) is 0 Å². The van der Waals surface area contributed by atoms with Gasteiger partial charge in [0.2, 0.25) is 5.91 Å². The average molecular weight is 445 g/mol. The van der Waals surface area contributed by atoms with E-state index in [1.54, 1.807) is 9.80 Å². The molecular weight excluding hydrogens is 412 g/mol. The lowest BCUT2D eigenvalue weighted by atomic mass is 10.1. The van der Waals surface area contributed by atoms with Crippen LogP contribution >= 0.6 is 0 Å². The lowest BCUT2D eigenvalue weighted by molar-refractivity contribution is -0.133. The molecule has 2 aliphatic rings. The van der Waals surface area contributed by atoms with Crippen molar-refractivity contribution in [3.8, 4) is 0 Å². The van der Waals surface area contributed by atoms with Crippen LogP contribution in [0.2, 0.25) is 0 Å². The number of nitrogens with zero attached hydrogens (tertiary/aromatic N) is 3. The summed E-state index contributed by atoms with van der Waals surface area (Å²) >= 11 is 0. The Morgan fingerprint density at radius 3 is 2.28 bits per heavy atom. The molecule has 0 spiro atoms. The molecule has 2 heterocycles. The Balaban J connectivity index is 1.42. The Morgan fingerprint density at radius 2 is 1.66 bits per heavy atom. The fourth-order valence-electron chi connectivity index (χ4n) is 3.76. The van der Waals surface area contributed by atoms with Crippen LogP contribution in [0.4, 0.5) is 9.59 Å². The van der Waals surface area contributed by atoms with E-state index in [0.717, 1.165) is 5.56 Å². The Morgan fingerprint density at radius 1 is 1.03 bits per heavy atom. The summed E-state index contributed by atoms with van der Waals surface area (Å²) in [5, 5.41) is 2.69. The number of carbonyl (C=O) groups is 4. The highest BCUT2D eigenvalue weighted by molar-refractivity contribution is 6.04. The van der Waals surface area contributed by atoms with Crippen LogP contribution in [0.15, 0.2) is 30.3 Å². The Labute approximate surface area is 188 Å². The van der Waals surface area contributed by atoms with Gasteiger partial charge in [-0.05, 0) is 39.2 Å². The SMILES string of the molecule is CC(C)(C)OC(=O)N1CCN(C(=O)CCC2NC(=O)N(CCc3ccccc3)C2=O)CC1. The van der Waals surface area contributed by atoms with E-state index in [1.807, 2.05) is 51.1 Å². The number of rotatable bonds is 6. The molecule has 1 atom stereocenters. The molecule has 32 heavy (non-hydrogen) atoms. The van der Waals surface area contributed by atoms with Crippen LogP contribution in [0, 0.1) is 0 Å². The zero-order valence-electron chi connectivity index (χ0n) is 19.0. The van der Waals surface area contributed by atoms with Crippen molar-refractivity contribution in [1.82, 2.24) is 20.0 Å². The lowest BCUT2D eigenvalue weighted by Gasteiger charge is -2.35. The van der Waals surface area contributed by atoms with E-state index in [0.29, 0.717) is 39.1 Å². The number of imide groups is 1. The smallest absolute Gasteiger partial charge is 0.410 e. The zero-order valence-corrected chi connectivity index (χ0v) is 19.0. The molecule has 2 saturated heterocycles. The van der Waals surface area contributed by atoms with Gasteiger partial charge in [0.05, 0.1) is 0 Å². The van der Waals surface area contributed by atoms with E-state index in [2.05, 4.69) is 5.32 Å². The largest absolute Gasteiger partial charge is 0.444 e. The number of carbonyl (C=O) groups excluding carboxylic acids is 4. The average Bonchev–Trinajstić information content (AvgIpc) is 3.02. The number of amides is 5. The molecule has 0 aromatic heterocycles. The Hall–Kier alpha value is -3.10. The standard InChI is InChI=1S/C23H32N4O5/c1-23(2,3)32-22(31)26-15-13-25(14-16-26)19(28)10-9-18-20(29)27(21(30)24-18)12-11-17-7-5-4-6-8-17/h4-8,18H,9-16H2,1-3H3,(H,24,30). The molecule has 5 amide bonds. The molecule has 9 nitrogen and oxygen atoms in total. The van der Waals surface area contributed by atoms with Gasteiger partial charge in [-0.3, -0.25) is 14.5 Å². The molecule has 0 aliphatic carbocycles. The molecule has 9 heteroatoms. The summed E-state index contributed by atoms with van der Waals surface area (Å²) in [6.45, 7) is 7.42. The van der Waals surface area contributed by atoms with Crippen molar-refractivity contribution in [2.45, 2.75) is 51.7 Å². The second-order valence-corrected chi connectivity index (χ2v) is 9.11. The second-order valence-electron chi connectivity index (χ2n) is 9.11. The maximum Gasteiger partial charge on any atom is 0.410 e. The molecule has 1 aromatic rings. The molecule has 2 fully saturated rings. The van der Waals surface area contributed by atoms with Gasteiger partial charge in [0.25, 0.3) is 5.91 Å². The van der Waals surface area contributed by atoms with Crippen molar-refractivity contribution in [2.24, 2.45) is 0 Å². The first-order valence-corrected chi connectivity index (χ1v) is 11.1. The number of urea groups is 1. The minimum Gasteiger partial charge on any atom is -0.444 e. The van der Waals surface area contributed by atoms with Crippen LogP contribution in [-0.4, -0.2) is 83.0 Å². The summed E-state index contributed by atoms with van der Waals surface area (Å²) in [7, 11) is 0. The predicted octanol–water partition coefficient (Wildman–Crippen LogP) is 2.01. The van der Waals surface area contributed by atoms with Crippen molar-refractivity contribution >= 4 is 23.9 Å². The molecule has 1 unspecified atom stereocenters. The van der Waals surface area contributed by atoms with Crippen LogP contribution < -0.4 is 5.32 Å². The van der Waals surface area contributed by atoms with Crippen LogP contribution in [0.1, 0.15) is 39.2 Å². The predicted molar refractivity (Wildman–Crippen MR) is 118 cm³/mol. The first-order chi connectivity index (χ1) is 15.1. The zero-order chi connectivity index (χ0) is 23.3. The van der Waals surface area contributed by atoms with E-state index in [9.17, 15) is 19.2 Å². The molecule has 2 aliphatic heterocycles. The maximum absolute atomic E-state index is 12.6. The summed E-state index contributed by atoms with van der Waals surface area (Å²) in [6, 6.07) is 8.58. The third kappa shape index (κ3) is 6.21. The molecule has 3 rings (SSSR count). The fraction of sp³-hybridized carbons (Fsp3) is 0.565. The van der Waals surface area contributed by atoms with Crippen molar-refractivity contribution in [1.29, 1.82) is 0 Å². The van der Waals surface area contributed by atoms with Crippen LogP contribution in [0.3, 0.4) is 0 Å². The molecule has 0 radical (unpaired) electrons. The van der Waals surface area contributed by atoms with E-state index >= 15 is 0 Å². The van der Waals surface area contributed by atoms with E-state index in [1.165, 1.54) is 4.90 Å². The van der Waals surface area contributed by atoms with Gasteiger partial charge in [-0.2, -0.15) is 0 Å². The minimum absolute atomic E-state index is 0.0846. The first kappa shape index (κ1) is 23.6. The number of ether oxygens (including phenoxy) is 1. The van der Waals surface area contributed by atoms with Crippen molar-refractivity contribution in [2.75, 3.05) is 32.7 Å². The summed E-state index contributed by atoms with van der Waals surface area (Å²) in [4.78, 5) is 54.1. The normalized spacial score (nSPS) is 19.2. The van der Waals surface area contributed by atoms with E-state index in [4.69, 9.17) is 4.74 Å². The van der Waals surface area contributed by atoms with Gasteiger partial charge in [0, 0.05) is 39.1 Å². The molecular formula is C23H32N4O5. The fourth-order valence-corrected chi connectivity index (χ4v) is 3.76.